The summed E-state index contributed by atoms with van der Waals surface area (Å²) >= 11 is 3.34. The Hall–Kier alpha value is -1.56. The van der Waals surface area contributed by atoms with Gasteiger partial charge in [0.05, 0.1) is 11.5 Å². The standard InChI is InChI=1S/C15H18BrNO4/c1-9(2)21-12-6-10(5-11(16)7-12)13(18)17-8-15(3-4-15)14(19)20/h5-7,9H,3-4,8H2,1-2H3,(H,17,18)(H,19,20). The first-order valence-corrected chi connectivity index (χ1v) is 7.60. The predicted molar refractivity (Wildman–Crippen MR) is 81.5 cm³/mol. The zero-order chi connectivity index (χ0) is 15.6. The van der Waals surface area contributed by atoms with Crippen molar-refractivity contribution in [1.82, 2.24) is 5.32 Å². The van der Waals surface area contributed by atoms with Gasteiger partial charge in [0, 0.05) is 16.6 Å². The number of amides is 1. The van der Waals surface area contributed by atoms with E-state index in [1.165, 1.54) is 0 Å². The van der Waals surface area contributed by atoms with Crippen LogP contribution >= 0.6 is 15.9 Å². The minimum Gasteiger partial charge on any atom is -0.491 e. The number of carbonyl (C=O) groups is 2. The Kier molecular flexibility index (Phi) is 4.56. The number of benzene rings is 1. The highest BCUT2D eigenvalue weighted by Gasteiger charge is 2.50. The lowest BCUT2D eigenvalue weighted by Gasteiger charge is -2.13. The van der Waals surface area contributed by atoms with Gasteiger partial charge in [-0.25, -0.2) is 0 Å². The van der Waals surface area contributed by atoms with Crippen molar-refractivity contribution in [3.63, 3.8) is 0 Å². The Bertz CT molecular complexity index is 567. The minimum atomic E-state index is -0.846. The van der Waals surface area contributed by atoms with E-state index in [9.17, 15) is 9.59 Å². The van der Waals surface area contributed by atoms with Crippen LogP contribution < -0.4 is 10.1 Å². The molecule has 1 fully saturated rings. The molecule has 1 amide bonds. The van der Waals surface area contributed by atoms with E-state index in [1.807, 2.05) is 13.8 Å². The van der Waals surface area contributed by atoms with Crippen LogP contribution in [0.4, 0.5) is 0 Å². The molecule has 1 saturated carbocycles. The fourth-order valence-corrected chi connectivity index (χ4v) is 2.47. The van der Waals surface area contributed by atoms with Crippen molar-refractivity contribution >= 4 is 27.8 Å². The van der Waals surface area contributed by atoms with Gasteiger partial charge < -0.3 is 15.2 Å². The summed E-state index contributed by atoms with van der Waals surface area (Å²) < 4.78 is 6.32. The van der Waals surface area contributed by atoms with Crippen LogP contribution in [0.1, 0.15) is 37.0 Å². The van der Waals surface area contributed by atoms with Gasteiger partial charge in [-0.2, -0.15) is 0 Å². The maximum Gasteiger partial charge on any atom is 0.311 e. The van der Waals surface area contributed by atoms with Crippen LogP contribution in [0.3, 0.4) is 0 Å². The molecular weight excluding hydrogens is 338 g/mol. The molecule has 114 valence electrons. The Morgan fingerprint density at radius 3 is 2.57 bits per heavy atom. The Morgan fingerprint density at radius 2 is 2.05 bits per heavy atom. The number of carboxylic acid groups (broad SMARTS) is 1. The van der Waals surface area contributed by atoms with Crippen molar-refractivity contribution in [1.29, 1.82) is 0 Å². The summed E-state index contributed by atoms with van der Waals surface area (Å²) in [6, 6.07) is 5.12. The molecule has 0 atom stereocenters. The molecule has 0 aromatic heterocycles. The maximum atomic E-state index is 12.2. The first-order valence-electron chi connectivity index (χ1n) is 6.81. The molecule has 0 radical (unpaired) electrons. The first kappa shape index (κ1) is 15.8. The zero-order valence-electron chi connectivity index (χ0n) is 12.0. The van der Waals surface area contributed by atoms with Gasteiger partial charge in [-0.15, -0.1) is 0 Å². The second kappa shape index (κ2) is 6.05. The van der Waals surface area contributed by atoms with E-state index >= 15 is 0 Å². The van der Waals surface area contributed by atoms with E-state index in [1.54, 1.807) is 18.2 Å². The van der Waals surface area contributed by atoms with Crippen molar-refractivity contribution < 1.29 is 19.4 Å². The number of carbonyl (C=O) groups excluding carboxylic acids is 1. The summed E-state index contributed by atoms with van der Waals surface area (Å²) in [7, 11) is 0. The Balaban J connectivity index is 2.05. The smallest absolute Gasteiger partial charge is 0.311 e. The first-order chi connectivity index (χ1) is 9.82. The zero-order valence-corrected chi connectivity index (χ0v) is 13.6. The molecule has 0 heterocycles. The molecule has 0 spiro atoms. The van der Waals surface area contributed by atoms with E-state index in [-0.39, 0.29) is 18.6 Å². The average molecular weight is 356 g/mol. The fraction of sp³-hybridized carbons (Fsp3) is 0.467. The summed E-state index contributed by atoms with van der Waals surface area (Å²) in [5.41, 5.74) is -0.319. The minimum absolute atomic E-state index is 0.0111. The normalized spacial score (nSPS) is 15.6. The third kappa shape index (κ3) is 3.97. The Morgan fingerprint density at radius 1 is 1.38 bits per heavy atom. The van der Waals surface area contributed by atoms with Gasteiger partial charge >= 0.3 is 5.97 Å². The molecule has 2 rings (SSSR count). The topological polar surface area (TPSA) is 75.6 Å². The van der Waals surface area contributed by atoms with Crippen molar-refractivity contribution in [3.05, 3.63) is 28.2 Å². The Labute approximate surface area is 131 Å². The monoisotopic (exact) mass is 355 g/mol. The summed E-state index contributed by atoms with van der Waals surface area (Å²) in [5.74, 6) is -0.540. The summed E-state index contributed by atoms with van der Waals surface area (Å²) in [4.78, 5) is 23.2. The molecule has 6 heteroatoms. The van der Waals surface area contributed by atoms with Crippen molar-refractivity contribution in [3.8, 4) is 5.75 Å². The van der Waals surface area contributed by atoms with E-state index in [2.05, 4.69) is 21.2 Å². The highest BCUT2D eigenvalue weighted by atomic mass is 79.9. The van der Waals surface area contributed by atoms with Gasteiger partial charge in [0.1, 0.15) is 5.75 Å². The molecule has 1 aromatic rings. The van der Waals surface area contributed by atoms with E-state index in [0.29, 0.717) is 24.2 Å². The van der Waals surface area contributed by atoms with E-state index < -0.39 is 11.4 Å². The largest absolute Gasteiger partial charge is 0.491 e. The van der Waals surface area contributed by atoms with Gasteiger partial charge in [0.25, 0.3) is 5.91 Å². The second-order valence-corrected chi connectivity index (χ2v) is 6.53. The summed E-state index contributed by atoms with van der Waals surface area (Å²) in [6.07, 6.45) is 1.24. The quantitative estimate of drug-likeness (QED) is 0.822. The number of hydrogen-bond donors (Lipinski definition) is 2. The summed E-state index contributed by atoms with van der Waals surface area (Å²) in [5, 5.41) is 11.8. The average Bonchev–Trinajstić information content (AvgIpc) is 3.15. The molecule has 1 aliphatic rings. The van der Waals surface area contributed by atoms with Crippen LogP contribution in [0.15, 0.2) is 22.7 Å². The van der Waals surface area contributed by atoms with Crippen LogP contribution in [0, 0.1) is 5.41 Å². The number of ether oxygens (including phenoxy) is 1. The fourth-order valence-electron chi connectivity index (χ4n) is 2.00. The molecule has 2 N–H and O–H groups in total. The third-order valence-electron chi connectivity index (χ3n) is 3.40. The van der Waals surface area contributed by atoms with Gasteiger partial charge in [-0.05, 0) is 44.9 Å². The van der Waals surface area contributed by atoms with Crippen LogP contribution in [0.5, 0.6) is 5.75 Å². The van der Waals surface area contributed by atoms with Crippen LogP contribution in [0.25, 0.3) is 0 Å². The lowest BCUT2D eigenvalue weighted by atomic mass is 10.1. The number of halogens is 1. The molecule has 0 unspecified atom stereocenters. The third-order valence-corrected chi connectivity index (χ3v) is 3.86. The number of rotatable bonds is 6. The van der Waals surface area contributed by atoms with Gasteiger partial charge in [0.15, 0.2) is 0 Å². The maximum absolute atomic E-state index is 12.2. The van der Waals surface area contributed by atoms with Gasteiger partial charge in [-0.1, -0.05) is 15.9 Å². The number of carboxylic acids is 1. The molecule has 0 bridgehead atoms. The highest BCUT2D eigenvalue weighted by molar-refractivity contribution is 9.10. The number of aliphatic carboxylic acids is 1. The van der Waals surface area contributed by atoms with Crippen molar-refractivity contribution in [2.45, 2.75) is 32.8 Å². The van der Waals surface area contributed by atoms with Crippen LogP contribution in [-0.2, 0) is 4.79 Å². The summed E-state index contributed by atoms with van der Waals surface area (Å²) in [6.45, 7) is 3.97. The number of nitrogens with one attached hydrogen (secondary N) is 1. The lowest BCUT2D eigenvalue weighted by molar-refractivity contribution is -0.143. The van der Waals surface area contributed by atoms with E-state index in [4.69, 9.17) is 9.84 Å². The lowest BCUT2D eigenvalue weighted by Crippen LogP contribution is -2.34. The molecule has 1 aromatic carbocycles. The predicted octanol–water partition coefficient (Wildman–Crippen LogP) is 2.83. The SMILES string of the molecule is CC(C)Oc1cc(Br)cc(C(=O)NCC2(C(=O)O)CC2)c1. The van der Waals surface area contributed by atoms with E-state index in [0.717, 1.165) is 4.47 Å². The molecule has 21 heavy (non-hydrogen) atoms. The molecular formula is C15H18BrNO4. The van der Waals surface area contributed by atoms with Crippen molar-refractivity contribution in [2.75, 3.05) is 6.54 Å². The van der Waals surface area contributed by atoms with Gasteiger partial charge in [-0.3, -0.25) is 9.59 Å². The second-order valence-electron chi connectivity index (χ2n) is 5.61. The number of hydrogen-bond acceptors (Lipinski definition) is 3. The molecule has 0 saturated heterocycles. The van der Waals surface area contributed by atoms with Gasteiger partial charge in [0.2, 0.25) is 0 Å². The van der Waals surface area contributed by atoms with Crippen molar-refractivity contribution in [2.24, 2.45) is 5.41 Å². The molecule has 0 aliphatic heterocycles. The molecule has 1 aliphatic carbocycles. The van der Waals surface area contributed by atoms with Crippen LogP contribution in [-0.4, -0.2) is 29.6 Å². The van der Waals surface area contributed by atoms with Crippen LogP contribution in [0.2, 0.25) is 0 Å². The molecule has 5 nitrogen and oxygen atoms in total. The highest BCUT2D eigenvalue weighted by Crippen LogP contribution is 2.45.